The number of carbonyl (C=O) groups is 2. The van der Waals surface area contributed by atoms with Gasteiger partial charge in [0, 0.05) is 35.7 Å². The number of nitrogens with one attached hydrogen (secondary N) is 2. The summed E-state index contributed by atoms with van der Waals surface area (Å²) in [6, 6.07) is 22.8. The van der Waals surface area contributed by atoms with Crippen LogP contribution in [0.25, 0.3) is 0 Å². The summed E-state index contributed by atoms with van der Waals surface area (Å²) >= 11 is 12.6. The first-order chi connectivity index (χ1) is 21.5. The van der Waals surface area contributed by atoms with E-state index in [4.69, 9.17) is 32.5 Å². The fourth-order valence-corrected chi connectivity index (χ4v) is 8.29. The second kappa shape index (κ2) is 12.8. The van der Waals surface area contributed by atoms with Gasteiger partial charge in [0.15, 0.2) is 5.78 Å². The molecule has 9 heteroatoms. The molecule has 6 atom stereocenters. The van der Waals surface area contributed by atoms with Crippen molar-refractivity contribution in [1.29, 1.82) is 0 Å². The Morgan fingerprint density at radius 2 is 1.71 bits per heavy atom. The molecule has 1 amide bonds. The molecule has 0 radical (unpaired) electrons. The molecule has 1 saturated heterocycles. The minimum Gasteiger partial charge on any atom is -0.404 e. The number of amides is 1. The summed E-state index contributed by atoms with van der Waals surface area (Å²) in [6.07, 6.45) is 2.97. The largest absolute Gasteiger partial charge is 0.482 e. The normalized spacial score (nSPS) is 25.9. The van der Waals surface area contributed by atoms with E-state index in [9.17, 15) is 9.59 Å². The lowest BCUT2D eigenvalue weighted by molar-refractivity contribution is -0.199. The zero-order valence-corrected chi connectivity index (χ0v) is 27.8. The first-order valence-electron chi connectivity index (χ1n) is 15.9. The van der Waals surface area contributed by atoms with Gasteiger partial charge < -0.3 is 19.9 Å². The highest BCUT2D eigenvalue weighted by Gasteiger charge is 2.68. The number of benzene rings is 3. The molecule has 3 saturated carbocycles. The Hall–Kier alpha value is -2.84. The van der Waals surface area contributed by atoms with Gasteiger partial charge in [-0.2, -0.15) is 0 Å². The van der Waals surface area contributed by atoms with Crippen LogP contribution in [0.1, 0.15) is 61.5 Å². The smallest absolute Gasteiger partial charge is 0.404 e. The molecule has 2 N–H and O–H groups in total. The number of hydrogen-bond donors (Lipinski definition) is 2. The molecule has 0 unspecified atom stereocenters. The molecule has 45 heavy (non-hydrogen) atoms. The number of carbonyl (C=O) groups excluding carboxylic acids is 2. The Balaban J connectivity index is 1.27. The minimum atomic E-state index is -0.663. The fraction of sp³-hybridized carbons (Fsp3) is 0.444. The summed E-state index contributed by atoms with van der Waals surface area (Å²) in [4.78, 5) is 27.9. The van der Waals surface area contributed by atoms with Crippen molar-refractivity contribution in [3.63, 3.8) is 0 Å². The first-order valence-corrected chi connectivity index (χ1v) is 16.7. The van der Waals surface area contributed by atoms with Crippen molar-refractivity contribution in [2.45, 2.75) is 70.5 Å². The zero-order valence-electron chi connectivity index (χ0n) is 26.3. The molecule has 2 bridgehead atoms. The highest BCUT2D eigenvalue weighted by molar-refractivity contribution is 6.48. The van der Waals surface area contributed by atoms with Gasteiger partial charge in [-0.1, -0.05) is 79.5 Å². The third-order valence-electron chi connectivity index (χ3n) is 10.7. The maximum atomic E-state index is 14.3. The SMILES string of the molecule is CNc1cccc(C[C@H](CC(=O)c2cc(Cl)ccc2Cl)C(=O)N[C@@H](Cc2ccccc2)B2O[C@@H]3C[C@@H]4C[C@@H](C4(C)C)[C@]3(C)O2)c1. The number of halogens is 2. The van der Waals surface area contributed by atoms with Crippen LogP contribution >= 0.6 is 23.2 Å². The third kappa shape index (κ3) is 6.42. The van der Waals surface area contributed by atoms with Crippen LogP contribution < -0.4 is 10.6 Å². The van der Waals surface area contributed by atoms with Gasteiger partial charge in [0.2, 0.25) is 5.91 Å². The van der Waals surface area contributed by atoms with Gasteiger partial charge >= 0.3 is 7.12 Å². The standard InChI is InChI=1S/C36H41BCl2N2O4/c1-35(2)25-19-31(35)36(3)32(20-25)44-37(45-36)33(17-22-9-6-5-7-10-22)41-34(43)24(15-23-11-8-12-27(16-23)40-4)18-30(42)28-21-26(38)13-14-29(28)39/h5-14,16,21,24-25,31-33,40H,15,17-20H2,1-4H3,(H,41,43)/t24-,25+,31+,32-,33+,36+/m1/s1. The third-order valence-corrected chi connectivity index (χ3v) is 11.2. The van der Waals surface area contributed by atoms with Gasteiger partial charge in [-0.3, -0.25) is 9.59 Å². The highest BCUT2D eigenvalue weighted by atomic mass is 35.5. The van der Waals surface area contributed by atoms with Gasteiger partial charge in [0.05, 0.1) is 22.7 Å². The molecule has 1 heterocycles. The van der Waals surface area contributed by atoms with E-state index in [0.29, 0.717) is 40.3 Å². The Morgan fingerprint density at radius 1 is 0.956 bits per heavy atom. The molecule has 0 spiro atoms. The Morgan fingerprint density at radius 3 is 2.44 bits per heavy atom. The summed E-state index contributed by atoms with van der Waals surface area (Å²) in [5.41, 5.74) is 3.06. The maximum absolute atomic E-state index is 14.3. The molecule has 7 rings (SSSR count). The predicted octanol–water partition coefficient (Wildman–Crippen LogP) is 7.46. The number of Topliss-reactive ketones (excluding diaryl/α,β-unsaturated/α-hetero) is 1. The summed E-state index contributed by atoms with van der Waals surface area (Å²) in [7, 11) is 1.25. The van der Waals surface area contributed by atoms with Crippen LogP contribution in [0.3, 0.4) is 0 Å². The van der Waals surface area contributed by atoms with Crippen molar-refractivity contribution in [2.24, 2.45) is 23.2 Å². The van der Waals surface area contributed by atoms with Gasteiger partial charge in [-0.25, -0.2) is 0 Å². The molecule has 6 nitrogen and oxygen atoms in total. The van der Waals surface area contributed by atoms with E-state index >= 15 is 0 Å². The van der Waals surface area contributed by atoms with Gasteiger partial charge in [-0.15, -0.1) is 0 Å². The van der Waals surface area contributed by atoms with Gasteiger partial charge in [0.25, 0.3) is 0 Å². The van der Waals surface area contributed by atoms with Crippen LogP contribution in [0.2, 0.25) is 10.0 Å². The van der Waals surface area contributed by atoms with E-state index < -0.39 is 24.6 Å². The van der Waals surface area contributed by atoms with Crippen molar-refractivity contribution in [3.05, 3.63) is 99.5 Å². The number of hydrogen-bond acceptors (Lipinski definition) is 5. The number of anilines is 1. The van der Waals surface area contributed by atoms with Gasteiger partial charge in [0.1, 0.15) is 0 Å². The average molecular weight is 647 g/mol. The van der Waals surface area contributed by atoms with E-state index in [-0.39, 0.29) is 29.6 Å². The minimum absolute atomic E-state index is 0.0129. The topological polar surface area (TPSA) is 76.7 Å². The van der Waals surface area contributed by atoms with Crippen molar-refractivity contribution in [1.82, 2.24) is 5.32 Å². The summed E-state index contributed by atoms with van der Waals surface area (Å²) in [5.74, 6) is -0.552. The van der Waals surface area contributed by atoms with E-state index in [2.05, 4.69) is 31.4 Å². The maximum Gasteiger partial charge on any atom is 0.482 e. The van der Waals surface area contributed by atoms with Gasteiger partial charge in [-0.05, 0) is 91.3 Å². The molecular weight excluding hydrogens is 606 g/mol. The lowest BCUT2D eigenvalue weighted by Gasteiger charge is -2.64. The van der Waals surface area contributed by atoms with Crippen LogP contribution in [0, 0.1) is 23.2 Å². The van der Waals surface area contributed by atoms with Crippen LogP contribution in [0.5, 0.6) is 0 Å². The molecule has 4 aliphatic rings. The molecule has 3 aliphatic carbocycles. The van der Waals surface area contributed by atoms with Crippen molar-refractivity contribution in [3.8, 4) is 0 Å². The van der Waals surface area contributed by atoms with E-state index in [0.717, 1.165) is 29.7 Å². The predicted molar refractivity (Wildman–Crippen MR) is 181 cm³/mol. The Bertz CT molecular complexity index is 1570. The highest BCUT2D eigenvalue weighted by Crippen LogP contribution is 2.65. The second-order valence-electron chi connectivity index (χ2n) is 13.7. The van der Waals surface area contributed by atoms with Crippen LogP contribution in [0.4, 0.5) is 5.69 Å². The van der Waals surface area contributed by atoms with Crippen LogP contribution in [0.15, 0.2) is 72.8 Å². The van der Waals surface area contributed by atoms with Crippen molar-refractivity contribution < 1.29 is 18.9 Å². The zero-order chi connectivity index (χ0) is 31.9. The molecule has 3 aromatic carbocycles. The summed E-state index contributed by atoms with van der Waals surface area (Å²) in [5, 5.41) is 7.18. The van der Waals surface area contributed by atoms with Crippen molar-refractivity contribution >= 4 is 47.7 Å². The fourth-order valence-electron chi connectivity index (χ4n) is 7.90. The Labute approximate surface area is 276 Å². The second-order valence-corrected chi connectivity index (χ2v) is 14.6. The van der Waals surface area contributed by atoms with E-state index in [1.165, 1.54) is 0 Å². The molecular formula is C36H41BCl2N2O4. The quantitative estimate of drug-likeness (QED) is 0.167. The molecule has 236 valence electrons. The number of rotatable bonds is 11. The number of ketones is 1. The van der Waals surface area contributed by atoms with Crippen LogP contribution in [-0.2, 0) is 26.9 Å². The molecule has 0 aromatic heterocycles. The van der Waals surface area contributed by atoms with Crippen LogP contribution in [-0.4, -0.2) is 43.5 Å². The van der Waals surface area contributed by atoms with E-state index in [1.54, 1.807) is 18.2 Å². The lowest BCUT2D eigenvalue weighted by Crippen LogP contribution is -2.65. The molecule has 4 fully saturated rings. The van der Waals surface area contributed by atoms with E-state index in [1.807, 2.05) is 61.6 Å². The molecule has 3 aromatic rings. The lowest BCUT2D eigenvalue weighted by atomic mass is 9.43. The monoisotopic (exact) mass is 646 g/mol. The Kier molecular flexibility index (Phi) is 9.10. The first kappa shape index (κ1) is 32.1. The average Bonchev–Trinajstić information content (AvgIpc) is 3.39. The molecule has 1 aliphatic heterocycles. The summed E-state index contributed by atoms with van der Waals surface area (Å²) < 4.78 is 13.5. The van der Waals surface area contributed by atoms with Crippen molar-refractivity contribution in [2.75, 3.05) is 12.4 Å². The summed E-state index contributed by atoms with van der Waals surface area (Å²) in [6.45, 7) is 6.86.